The predicted octanol–water partition coefficient (Wildman–Crippen LogP) is 0.457. The molecule has 0 radical (unpaired) electrons. The molecule has 2 atom stereocenters. The second kappa shape index (κ2) is 5.11. The number of imidazole rings is 1. The van der Waals surface area contributed by atoms with Crippen LogP contribution in [0.4, 0.5) is 5.82 Å². The molecule has 0 N–H and O–H groups in total. The molecule has 2 unspecified atom stereocenters. The molecule has 11 heteroatoms. The molecule has 0 aromatic carbocycles. The standard InChI is InChI=1S/C8H9N5O4S2/c1-4-10-11-8(18-4)6(19(16)17)7-9-3-5(12(7)2)13(14)15/h3,6H,1-2H3,(H,16,17)/p-1. The van der Waals surface area contributed by atoms with Gasteiger partial charge in [-0.2, -0.15) is 0 Å². The van der Waals surface area contributed by atoms with Crippen molar-refractivity contribution in [3.63, 3.8) is 0 Å². The van der Waals surface area contributed by atoms with Gasteiger partial charge in [0.1, 0.15) is 16.2 Å². The lowest BCUT2D eigenvalue weighted by Crippen LogP contribution is -2.13. The van der Waals surface area contributed by atoms with Crippen molar-refractivity contribution in [2.75, 3.05) is 0 Å². The van der Waals surface area contributed by atoms with Gasteiger partial charge in [0, 0.05) is 0 Å². The Morgan fingerprint density at radius 2 is 2.21 bits per heavy atom. The van der Waals surface area contributed by atoms with Gasteiger partial charge in [0.2, 0.25) is 5.82 Å². The van der Waals surface area contributed by atoms with Crippen molar-refractivity contribution in [3.8, 4) is 0 Å². The lowest BCUT2D eigenvalue weighted by molar-refractivity contribution is -0.391. The van der Waals surface area contributed by atoms with Crippen LogP contribution in [-0.2, 0) is 18.1 Å². The number of hydrogen-bond acceptors (Lipinski definition) is 8. The molecule has 2 aromatic heterocycles. The first-order chi connectivity index (χ1) is 8.91. The molecule has 19 heavy (non-hydrogen) atoms. The first kappa shape index (κ1) is 13.7. The molecule has 2 aromatic rings. The van der Waals surface area contributed by atoms with E-state index < -0.39 is 21.3 Å². The Bertz CT molecular complexity index is 651. The van der Waals surface area contributed by atoms with E-state index in [1.165, 1.54) is 7.05 Å². The number of nitrogens with zero attached hydrogens (tertiary/aromatic N) is 5. The van der Waals surface area contributed by atoms with Crippen LogP contribution in [0.2, 0.25) is 0 Å². The average Bonchev–Trinajstić information content (AvgIpc) is 2.87. The van der Waals surface area contributed by atoms with Crippen molar-refractivity contribution >= 4 is 28.2 Å². The van der Waals surface area contributed by atoms with Crippen LogP contribution in [0.3, 0.4) is 0 Å². The third kappa shape index (κ3) is 2.52. The number of aromatic nitrogens is 4. The summed E-state index contributed by atoms with van der Waals surface area (Å²) in [5, 5.41) is 17.9. The van der Waals surface area contributed by atoms with E-state index in [-0.39, 0.29) is 16.6 Å². The Morgan fingerprint density at radius 3 is 2.63 bits per heavy atom. The quantitative estimate of drug-likeness (QED) is 0.456. The van der Waals surface area contributed by atoms with E-state index in [0.717, 1.165) is 22.1 Å². The third-order valence-corrected chi connectivity index (χ3v) is 4.25. The van der Waals surface area contributed by atoms with Gasteiger partial charge >= 0.3 is 5.82 Å². The van der Waals surface area contributed by atoms with Gasteiger partial charge in [-0.1, -0.05) is 0 Å². The zero-order valence-electron chi connectivity index (χ0n) is 9.84. The van der Waals surface area contributed by atoms with Crippen LogP contribution in [0.15, 0.2) is 6.20 Å². The minimum atomic E-state index is -2.55. The maximum Gasteiger partial charge on any atom is 0.342 e. The van der Waals surface area contributed by atoms with E-state index in [1.54, 1.807) is 6.92 Å². The smallest absolute Gasteiger partial charge is 0.342 e. The Morgan fingerprint density at radius 1 is 1.53 bits per heavy atom. The summed E-state index contributed by atoms with van der Waals surface area (Å²) < 4.78 is 23.8. The van der Waals surface area contributed by atoms with Crippen LogP contribution >= 0.6 is 11.3 Å². The van der Waals surface area contributed by atoms with Crippen LogP contribution in [0.1, 0.15) is 21.1 Å². The molecule has 0 bridgehead atoms. The first-order valence-electron chi connectivity index (χ1n) is 4.96. The number of aryl methyl sites for hydroxylation is 1. The highest BCUT2D eigenvalue weighted by molar-refractivity contribution is 7.79. The summed E-state index contributed by atoms with van der Waals surface area (Å²) in [6.45, 7) is 1.69. The van der Waals surface area contributed by atoms with E-state index in [1.807, 2.05) is 0 Å². The minimum absolute atomic E-state index is 0.0381. The summed E-state index contributed by atoms with van der Waals surface area (Å²) in [6, 6.07) is 0. The second-order valence-electron chi connectivity index (χ2n) is 3.59. The molecular formula is C8H8N5O4S2-. The van der Waals surface area contributed by atoms with Crippen molar-refractivity contribution < 1.29 is 13.7 Å². The predicted molar refractivity (Wildman–Crippen MR) is 65.3 cm³/mol. The molecule has 0 amide bonds. The molecule has 2 heterocycles. The Labute approximate surface area is 113 Å². The maximum atomic E-state index is 11.4. The average molecular weight is 302 g/mol. The zero-order chi connectivity index (χ0) is 14.2. The van der Waals surface area contributed by atoms with Gasteiger partial charge in [-0.05, 0) is 22.9 Å². The van der Waals surface area contributed by atoms with Gasteiger partial charge in [0.15, 0.2) is 5.25 Å². The van der Waals surface area contributed by atoms with Gasteiger partial charge in [-0.15, -0.1) is 21.5 Å². The summed E-state index contributed by atoms with van der Waals surface area (Å²) in [4.78, 5) is 13.9. The molecule has 0 aliphatic rings. The molecule has 0 fully saturated rings. The van der Waals surface area contributed by atoms with Crippen molar-refractivity contribution in [2.45, 2.75) is 12.2 Å². The highest BCUT2D eigenvalue weighted by Gasteiger charge is 2.29. The molecule has 102 valence electrons. The first-order valence-corrected chi connectivity index (χ1v) is 6.91. The monoisotopic (exact) mass is 302 g/mol. The molecular weight excluding hydrogens is 294 g/mol. The van der Waals surface area contributed by atoms with Gasteiger partial charge in [0.05, 0.1) is 7.05 Å². The fourth-order valence-corrected chi connectivity index (χ4v) is 3.19. The number of rotatable bonds is 4. The fraction of sp³-hybridized carbons (Fsp3) is 0.375. The number of hydrogen-bond donors (Lipinski definition) is 0. The van der Waals surface area contributed by atoms with E-state index in [9.17, 15) is 18.9 Å². The summed E-state index contributed by atoms with van der Waals surface area (Å²) in [5.74, 6) is -0.247. The zero-order valence-corrected chi connectivity index (χ0v) is 11.5. The van der Waals surface area contributed by atoms with Gasteiger partial charge < -0.3 is 14.7 Å². The van der Waals surface area contributed by atoms with Crippen LogP contribution < -0.4 is 0 Å². The summed E-state index contributed by atoms with van der Waals surface area (Å²) in [7, 11) is 1.38. The maximum absolute atomic E-state index is 11.4. The Balaban J connectivity index is 2.52. The molecule has 0 aliphatic carbocycles. The molecule has 9 nitrogen and oxygen atoms in total. The topological polar surface area (TPSA) is 127 Å². The highest BCUT2D eigenvalue weighted by atomic mass is 32.2. The number of nitro groups is 1. The van der Waals surface area contributed by atoms with Crippen molar-refractivity contribution in [2.24, 2.45) is 7.05 Å². The molecule has 2 rings (SSSR count). The highest BCUT2D eigenvalue weighted by Crippen LogP contribution is 2.30. The van der Waals surface area contributed by atoms with Crippen LogP contribution in [0, 0.1) is 17.0 Å². The lowest BCUT2D eigenvalue weighted by Gasteiger charge is -2.13. The molecule has 0 aliphatic heterocycles. The molecule has 0 saturated heterocycles. The van der Waals surface area contributed by atoms with Crippen LogP contribution in [0.5, 0.6) is 0 Å². The van der Waals surface area contributed by atoms with Gasteiger partial charge in [0.25, 0.3) is 0 Å². The normalized spacial score (nSPS) is 14.3. The summed E-state index contributed by atoms with van der Waals surface area (Å²) >= 11 is -1.44. The van der Waals surface area contributed by atoms with Crippen molar-refractivity contribution in [1.82, 2.24) is 19.7 Å². The second-order valence-corrected chi connectivity index (χ2v) is 5.80. The molecule has 0 spiro atoms. The van der Waals surface area contributed by atoms with E-state index in [2.05, 4.69) is 15.2 Å². The SMILES string of the molecule is Cc1nnc(C(c2ncc([N+](=O)[O-])n2C)S(=O)[O-])s1. The Hall–Kier alpha value is -1.72. The van der Waals surface area contributed by atoms with E-state index >= 15 is 0 Å². The molecule has 0 saturated carbocycles. The van der Waals surface area contributed by atoms with Crippen molar-refractivity contribution in [3.05, 3.63) is 32.2 Å². The van der Waals surface area contributed by atoms with Crippen LogP contribution in [0.25, 0.3) is 0 Å². The van der Waals surface area contributed by atoms with E-state index in [4.69, 9.17) is 0 Å². The largest absolute Gasteiger partial charge is 0.771 e. The summed E-state index contributed by atoms with van der Waals surface area (Å²) in [5.41, 5.74) is 0. The minimum Gasteiger partial charge on any atom is -0.771 e. The van der Waals surface area contributed by atoms with Gasteiger partial charge in [-0.3, -0.25) is 4.21 Å². The lowest BCUT2D eigenvalue weighted by atomic mass is 10.4. The fourth-order valence-electron chi connectivity index (χ4n) is 1.52. The van der Waals surface area contributed by atoms with E-state index in [0.29, 0.717) is 5.01 Å². The van der Waals surface area contributed by atoms with Gasteiger partial charge in [-0.25, -0.2) is 9.55 Å². The van der Waals surface area contributed by atoms with Crippen LogP contribution in [-0.4, -0.2) is 33.4 Å². The summed E-state index contributed by atoms with van der Waals surface area (Å²) in [6.07, 6.45) is 1.02. The third-order valence-electron chi connectivity index (χ3n) is 2.38. The Kier molecular flexibility index (Phi) is 3.68. The van der Waals surface area contributed by atoms with Crippen molar-refractivity contribution in [1.29, 1.82) is 0 Å².